The highest BCUT2D eigenvalue weighted by molar-refractivity contribution is 5.77. The summed E-state index contributed by atoms with van der Waals surface area (Å²) in [6.45, 7) is 6.46. The maximum absolute atomic E-state index is 13.1. The van der Waals surface area contributed by atoms with Gasteiger partial charge in [0.05, 0.1) is 25.2 Å². The highest BCUT2D eigenvalue weighted by Gasteiger charge is 2.24. The number of unbranched alkanes of at least 4 members (excludes halogenated alkanes) is 29. The highest BCUT2D eigenvalue weighted by atomic mass is 16.5. The lowest BCUT2D eigenvalue weighted by molar-refractivity contribution is -0.151. The van der Waals surface area contributed by atoms with Crippen LogP contribution in [-0.4, -0.2) is 46.9 Å². The zero-order valence-electron chi connectivity index (χ0n) is 36.4. The molecule has 320 valence electrons. The first kappa shape index (κ1) is 52.6. The van der Waals surface area contributed by atoms with Crippen molar-refractivity contribution < 1.29 is 24.5 Å². The van der Waals surface area contributed by atoms with Gasteiger partial charge < -0.3 is 20.3 Å². The number of hydrogen-bond acceptors (Lipinski definition) is 5. The number of allylic oxidation sites excluding steroid dienone is 2. The van der Waals surface area contributed by atoms with Crippen LogP contribution in [0.4, 0.5) is 0 Å². The van der Waals surface area contributed by atoms with Gasteiger partial charge in [0.2, 0.25) is 5.91 Å². The molecule has 3 atom stereocenters. The molecule has 54 heavy (non-hydrogen) atoms. The van der Waals surface area contributed by atoms with Crippen LogP contribution in [0.25, 0.3) is 0 Å². The quantitative estimate of drug-likeness (QED) is 0.0326. The summed E-state index contributed by atoms with van der Waals surface area (Å²) in [6, 6.07) is -0.698. The molecule has 3 N–H and O–H groups in total. The first-order chi connectivity index (χ1) is 26.5. The van der Waals surface area contributed by atoms with Crippen LogP contribution in [0.5, 0.6) is 0 Å². The number of rotatable bonds is 43. The fourth-order valence-corrected chi connectivity index (χ4v) is 7.43. The van der Waals surface area contributed by atoms with Crippen LogP contribution in [0.2, 0.25) is 0 Å². The lowest BCUT2D eigenvalue weighted by Gasteiger charge is -2.24. The maximum atomic E-state index is 13.1. The first-order valence-corrected chi connectivity index (χ1v) is 23.9. The molecule has 0 aromatic carbocycles. The lowest BCUT2D eigenvalue weighted by Crippen LogP contribution is -2.46. The van der Waals surface area contributed by atoms with E-state index in [1.807, 2.05) is 0 Å². The zero-order chi connectivity index (χ0) is 39.6. The molecule has 0 rings (SSSR count). The summed E-state index contributed by atoms with van der Waals surface area (Å²) in [7, 11) is 0. The molecular weight excluding hydrogens is 671 g/mol. The third-order valence-corrected chi connectivity index (χ3v) is 11.1. The number of esters is 1. The van der Waals surface area contributed by atoms with Gasteiger partial charge in [-0.05, 0) is 51.4 Å². The molecule has 0 aromatic heterocycles. The predicted octanol–water partition coefficient (Wildman–Crippen LogP) is 13.8. The van der Waals surface area contributed by atoms with Crippen molar-refractivity contribution in [2.45, 2.75) is 277 Å². The Morgan fingerprint density at radius 3 is 1.33 bits per heavy atom. The van der Waals surface area contributed by atoms with E-state index in [-0.39, 0.29) is 24.9 Å². The Balaban J connectivity index is 4.56. The van der Waals surface area contributed by atoms with Gasteiger partial charge in [-0.1, -0.05) is 206 Å². The second-order valence-corrected chi connectivity index (χ2v) is 16.5. The minimum Gasteiger partial charge on any atom is -0.462 e. The summed E-state index contributed by atoms with van der Waals surface area (Å²) in [5.41, 5.74) is 0. The summed E-state index contributed by atoms with van der Waals surface area (Å²) in [4.78, 5) is 26.0. The van der Waals surface area contributed by atoms with Crippen molar-refractivity contribution in [3.8, 4) is 0 Å². The Kier molecular flexibility index (Phi) is 41.6. The number of carbonyl (C=O) groups is 2. The van der Waals surface area contributed by atoms with Crippen molar-refractivity contribution in [1.29, 1.82) is 0 Å². The topological polar surface area (TPSA) is 95.9 Å². The molecule has 6 heteroatoms. The minimum atomic E-state index is -0.784. The number of nitrogens with one attached hydrogen (secondary N) is 1. The monoisotopic (exact) mass is 764 g/mol. The average Bonchev–Trinajstić information content (AvgIpc) is 3.16. The molecule has 6 nitrogen and oxygen atoms in total. The van der Waals surface area contributed by atoms with Crippen molar-refractivity contribution >= 4 is 11.9 Å². The van der Waals surface area contributed by atoms with Gasteiger partial charge in [0.1, 0.15) is 6.10 Å². The van der Waals surface area contributed by atoms with Gasteiger partial charge in [0.15, 0.2) is 0 Å². The number of ether oxygens (including phenoxy) is 1. The molecule has 0 aromatic rings. The van der Waals surface area contributed by atoms with Crippen LogP contribution in [0.1, 0.15) is 258 Å². The van der Waals surface area contributed by atoms with Gasteiger partial charge >= 0.3 is 5.97 Å². The van der Waals surface area contributed by atoms with E-state index in [1.54, 1.807) is 0 Å². The number of aliphatic hydroxyl groups excluding tert-OH is 2. The van der Waals surface area contributed by atoms with Crippen LogP contribution in [0, 0.1) is 0 Å². The molecule has 1 amide bonds. The fourth-order valence-electron chi connectivity index (χ4n) is 7.43. The van der Waals surface area contributed by atoms with E-state index >= 15 is 0 Å². The van der Waals surface area contributed by atoms with E-state index in [9.17, 15) is 19.8 Å². The fraction of sp³-hybridized carbons (Fsp3) is 0.917. The molecule has 0 radical (unpaired) electrons. The summed E-state index contributed by atoms with van der Waals surface area (Å²) < 4.78 is 5.89. The van der Waals surface area contributed by atoms with Gasteiger partial charge in [-0.2, -0.15) is 0 Å². The van der Waals surface area contributed by atoms with Crippen molar-refractivity contribution in [1.82, 2.24) is 5.32 Å². The molecule has 0 aliphatic rings. The minimum absolute atomic E-state index is 0.0731. The van der Waals surface area contributed by atoms with Crippen LogP contribution in [-0.2, 0) is 14.3 Å². The number of aliphatic hydroxyl groups is 2. The molecule has 0 aliphatic carbocycles. The van der Waals surface area contributed by atoms with Crippen molar-refractivity contribution in [3.05, 3.63) is 12.2 Å². The van der Waals surface area contributed by atoms with Gasteiger partial charge in [-0.25, -0.2) is 0 Å². The van der Waals surface area contributed by atoms with Crippen molar-refractivity contribution in [2.75, 3.05) is 6.61 Å². The Morgan fingerprint density at radius 2 is 0.889 bits per heavy atom. The molecule has 0 fully saturated rings. The zero-order valence-corrected chi connectivity index (χ0v) is 36.4. The van der Waals surface area contributed by atoms with Crippen molar-refractivity contribution in [3.63, 3.8) is 0 Å². The van der Waals surface area contributed by atoms with Gasteiger partial charge in [0, 0.05) is 6.42 Å². The third-order valence-electron chi connectivity index (χ3n) is 11.1. The van der Waals surface area contributed by atoms with Gasteiger partial charge in [-0.15, -0.1) is 0 Å². The van der Waals surface area contributed by atoms with E-state index in [0.717, 1.165) is 57.8 Å². The number of amides is 1. The first-order valence-electron chi connectivity index (χ1n) is 23.9. The van der Waals surface area contributed by atoms with E-state index in [4.69, 9.17) is 4.74 Å². The van der Waals surface area contributed by atoms with Crippen LogP contribution >= 0.6 is 0 Å². The molecule has 0 saturated carbocycles. The molecule has 0 saturated heterocycles. The smallest absolute Gasteiger partial charge is 0.306 e. The predicted molar refractivity (Wildman–Crippen MR) is 232 cm³/mol. The third kappa shape index (κ3) is 37.5. The van der Waals surface area contributed by atoms with E-state index in [0.29, 0.717) is 19.3 Å². The Labute approximate surface area is 336 Å². The second kappa shape index (κ2) is 42.7. The molecule has 3 unspecified atom stereocenters. The highest BCUT2D eigenvalue weighted by Crippen LogP contribution is 2.17. The summed E-state index contributed by atoms with van der Waals surface area (Å²) in [5, 5.41) is 23.7. The normalized spacial score (nSPS) is 13.4. The van der Waals surface area contributed by atoms with E-state index in [2.05, 4.69) is 38.2 Å². The SMILES string of the molecule is CCCCCCCCC/C=C/CCCCCC(CC(=O)NC(CO)C(O)CCCCCCCCCCCCCC)OC(=O)CCCCCCCCCCC. The largest absolute Gasteiger partial charge is 0.462 e. The molecule has 0 aliphatic heterocycles. The van der Waals surface area contributed by atoms with Crippen LogP contribution in [0.3, 0.4) is 0 Å². The van der Waals surface area contributed by atoms with Gasteiger partial charge in [-0.3, -0.25) is 9.59 Å². The molecular formula is C48H93NO5. The average molecular weight is 764 g/mol. The molecule has 0 heterocycles. The van der Waals surface area contributed by atoms with E-state index in [1.165, 1.54) is 154 Å². The van der Waals surface area contributed by atoms with Gasteiger partial charge in [0.25, 0.3) is 0 Å². The van der Waals surface area contributed by atoms with Crippen molar-refractivity contribution in [2.24, 2.45) is 0 Å². The standard InChI is InChI=1S/C48H93NO5/c1-4-7-10-13-16-19-21-23-24-25-28-30-33-36-39-44(54-48(53)41-38-35-32-27-18-15-12-9-6-3)42-47(52)49-45(43-50)46(51)40-37-34-31-29-26-22-20-17-14-11-8-5-2/h24-25,44-46,50-51H,4-23,26-43H2,1-3H3,(H,49,52)/b25-24+. The van der Waals surface area contributed by atoms with E-state index < -0.39 is 18.2 Å². The Bertz CT molecular complexity index is 817. The summed E-state index contributed by atoms with van der Waals surface area (Å²) in [5.74, 6) is -0.480. The Morgan fingerprint density at radius 1 is 0.519 bits per heavy atom. The second-order valence-electron chi connectivity index (χ2n) is 16.5. The maximum Gasteiger partial charge on any atom is 0.306 e. The lowest BCUT2D eigenvalue weighted by atomic mass is 10.0. The molecule has 0 bridgehead atoms. The summed E-state index contributed by atoms with van der Waals surface area (Å²) in [6.07, 6.45) is 45.6. The summed E-state index contributed by atoms with van der Waals surface area (Å²) >= 11 is 0. The Hall–Kier alpha value is -1.40. The number of hydrogen-bond donors (Lipinski definition) is 3. The van der Waals surface area contributed by atoms with Crippen LogP contribution in [0.15, 0.2) is 12.2 Å². The molecule has 0 spiro atoms. The van der Waals surface area contributed by atoms with Crippen LogP contribution < -0.4 is 5.32 Å². The number of carbonyl (C=O) groups excluding carboxylic acids is 2.